The Kier molecular flexibility index (Phi) is 5.78. The summed E-state index contributed by atoms with van der Waals surface area (Å²) in [5.41, 5.74) is 0. The Morgan fingerprint density at radius 1 is 1.04 bits per heavy atom. The quantitative estimate of drug-likeness (QED) is 0.767. The van der Waals surface area contributed by atoms with Crippen molar-refractivity contribution in [3.05, 3.63) is 46.7 Å². The van der Waals surface area contributed by atoms with Gasteiger partial charge in [-0.2, -0.15) is 0 Å². The van der Waals surface area contributed by atoms with Crippen molar-refractivity contribution < 1.29 is 8.42 Å². The van der Waals surface area contributed by atoms with Crippen LogP contribution in [0.3, 0.4) is 0 Å². The summed E-state index contributed by atoms with van der Waals surface area (Å²) in [4.78, 5) is 12.8. The first-order chi connectivity index (χ1) is 12.0. The molecule has 6 nitrogen and oxygen atoms in total. The van der Waals surface area contributed by atoms with Crippen LogP contribution in [0.5, 0.6) is 0 Å². The highest BCUT2D eigenvalue weighted by atomic mass is 35.5. The Morgan fingerprint density at radius 3 is 2.40 bits per heavy atom. The minimum Gasteiger partial charge on any atom is -0.338 e. The summed E-state index contributed by atoms with van der Waals surface area (Å²) in [5, 5.41) is 0.565. The summed E-state index contributed by atoms with van der Waals surface area (Å²) in [6, 6.07) is 6.28. The molecule has 2 aromatic rings. The van der Waals surface area contributed by atoms with Crippen LogP contribution in [0.25, 0.3) is 0 Å². The lowest BCUT2D eigenvalue weighted by Crippen LogP contribution is -2.48. The molecule has 0 unspecified atom stereocenters. The molecule has 134 valence electrons. The number of benzene rings is 1. The molecular formula is C16H18Cl2N4O2S. The smallest absolute Gasteiger partial charge is 0.225 e. The van der Waals surface area contributed by atoms with E-state index in [1.54, 1.807) is 24.5 Å². The van der Waals surface area contributed by atoms with Crippen LogP contribution in [-0.2, 0) is 9.84 Å². The topological polar surface area (TPSA) is 66.4 Å². The number of sulfone groups is 1. The fourth-order valence-electron chi connectivity index (χ4n) is 2.70. The number of anilines is 1. The van der Waals surface area contributed by atoms with Gasteiger partial charge in [0, 0.05) is 50.1 Å². The van der Waals surface area contributed by atoms with E-state index >= 15 is 0 Å². The second-order valence-corrected chi connectivity index (χ2v) is 8.69. The predicted octanol–water partition coefficient (Wildman–Crippen LogP) is 2.38. The third-order valence-electron chi connectivity index (χ3n) is 4.11. The van der Waals surface area contributed by atoms with Gasteiger partial charge in [0.2, 0.25) is 5.95 Å². The summed E-state index contributed by atoms with van der Waals surface area (Å²) in [5.74, 6) is 0.718. The van der Waals surface area contributed by atoms with Crippen LogP contribution in [0.2, 0.25) is 10.0 Å². The molecule has 0 N–H and O–H groups in total. The lowest BCUT2D eigenvalue weighted by Gasteiger charge is -2.34. The molecule has 0 amide bonds. The molecule has 1 aromatic carbocycles. The molecule has 2 heterocycles. The maximum Gasteiger partial charge on any atom is 0.225 e. The number of nitrogens with zero attached hydrogens (tertiary/aromatic N) is 4. The summed E-state index contributed by atoms with van der Waals surface area (Å²) < 4.78 is 25.1. The monoisotopic (exact) mass is 400 g/mol. The van der Waals surface area contributed by atoms with Crippen LogP contribution in [-0.4, -0.2) is 61.8 Å². The van der Waals surface area contributed by atoms with Crippen molar-refractivity contribution in [3.63, 3.8) is 0 Å². The number of aromatic nitrogens is 2. The van der Waals surface area contributed by atoms with Gasteiger partial charge in [-0.1, -0.05) is 23.2 Å². The molecule has 1 aliphatic rings. The Balaban J connectivity index is 1.57. The number of hydrogen-bond donors (Lipinski definition) is 0. The fraction of sp³-hybridized carbons (Fsp3) is 0.375. The first-order valence-electron chi connectivity index (χ1n) is 7.88. The molecule has 0 spiro atoms. The summed E-state index contributed by atoms with van der Waals surface area (Å²) >= 11 is 11.9. The van der Waals surface area contributed by atoms with Gasteiger partial charge in [-0.25, -0.2) is 18.4 Å². The Morgan fingerprint density at radius 2 is 1.72 bits per heavy atom. The van der Waals surface area contributed by atoms with Crippen LogP contribution < -0.4 is 4.90 Å². The van der Waals surface area contributed by atoms with Gasteiger partial charge in [0.25, 0.3) is 0 Å². The minimum atomic E-state index is -3.47. The van der Waals surface area contributed by atoms with Gasteiger partial charge < -0.3 is 4.90 Å². The molecule has 1 aromatic heterocycles. The molecule has 3 rings (SSSR count). The van der Waals surface area contributed by atoms with E-state index in [9.17, 15) is 8.42 Å². The van der Waals surface area contributed by atoms with Crippen molar-refractivity contribution in [2.75, 3.05) is 43.4 Å². The highest BCUT2D eigenvalue weighted by Crippen LogP contribution is 2.26. The lowest BCUT2D eigenvalue weighted by atomic mass is 10.3. The molecule has 1 saturated heterocycles. The van der Waals surface area contributed by atoms with Gasteiger partial charge in [-0.3, -0.25) is 4.90 Å². The van der Waals surface area contributed by atoms with E-state index in [1.165, 1.54) is 12.1 Å². The van der Waals surface area contributed by atoms with Crippen LogP contribution in [0, 0.1) is 0 Å². The second kappa shape index (κ2) is 7.86. The molecule has 9 heteroatoms. The van der Waals surface area contributed by atoms with Gasteiger partial charge in [0.05, 0.1) is 15.7 Å². The van der Waals surface area contributed by atoms with Crippen LogP contribution in [0.4, 0.5) is 5.95 Å². The van der Waals surface area contributed by atoms with Crippen LogP contribution >= 0.6 is 23.2 Å². The number of rotatable bonds is 5. The fourth-order valence-corrected chi connectivity index (χ4v) is 4.80. The highest BCUT2D eigenvalue weighted by molar-refractivity contribution is 7.91. The van der Waals surface area contributed by atoms with Gasteiger partial charge in [-0.05, 0) is 24.3 Å². The van der Waals surface area contributed by atoms with Crippen molar-refractivity contribution in [2.45, 2.75) is 4.90 Å². The molecule has 0 saturated carbocycles. The molecule has 25 heavy (non-hydrogen) atoms. The van der Waals surface area contributed by atoms with Crippen molar-refractivity contribution in [3.8, 4) is 0 Å². The van der Waals surface area contributed by atoms with E-state index in [0.29, 0.717) is 17.5 Å². The zero-order valence-corrected chi connectivity index (χ0v) is 15.8. The molecule has 0 atom stereocenters. The third kappa shape index (κ3) is 4.61. The highest BCUT2D eigenvalue weighted by Gasteiger charge is 2.23. The van der Waals surface area contributed by atoms with E-state index < -0.39 is 9.84 Å². The zero-order valence-electron chi connectivity index (χ0n) is 13.5. The maximum atomic E-state index is 12.5. The van der Waals surface area contributed by atoms with Gasteiger partial charge >= 0.3 is 0 Å². The van der Waals surface area contributed by atoms with E-state index in [2.05, 4.69) is 19.8 Å². The Bertz CT molecular complexity index is 825. The van der Waals surface area contributed by atoms with Crippen LogP contribution in [0.1, 0.15) is 0 Å². The van der Waals surface area contributed by atoms with Crippen molar-refractivity contribution in [1.82, 2.24) is 14.9 Å². The van der Waals surface area contributed by atoms with Gasteiger partial charge in [-0.15, -0.1) is 0 Å². The van der Waals surface area contributed by atoms with Crippen molar-refractivity contribution in [2.24, 2.45) is 0 Å². The molecule has 1 aliphatic heterocycles. The Labute approximate surface area is 157 Å². The van der Waals surface area contributed by atoms with E-state index in [0.717, 1.165) is 26.2 Å². The summed E-state index contributed by atoms with van der Waals surface area (Å²) in [6.45, 7) is 3.51. The largest absolute Gasteiger partial charge is 0.338 e. The standard InChI is InChI=1S/C16H18Cl2N4O2S/c17-13-2-3-14(18)15(12-13)25(23,24)11-10-21-6-8-22(9-7-21)16-19-4-1-5-20-16/h1-5,12H,6-11H2. The van der Waals surface area contributed by atoms with Gasteiger partial charge in [0.1, 0.15) is 0 Å². The second-order valence-electron chi connectivity index (χ2n) is 5.77. The average molecular weight is 401 g/mol. The first-order valence-corrected chi connectivity index (χ1v) is 10.3. The SMILES string of the molecule is O=S(=O)(CCN1CCN(c2ncccn2)CC1)c1cc(Cl)ccc1Cl. The molecule has 0 radical (unpaired) electrons. The summed E-state index contributed by atoms with van der Waals surface area (Å²) in [6.07, 6.45) is 3.44. The number of halogens is 2. The molecule has 0 aliphatic carbocycles. The predicted molar refractivity (Wildman–Crippen MR) is 99.2 cm³/mol. The van der Waals surface area contributed by atoms with Crippen molar-refractivity contribution >= 4 is 39.0 Å². The summed E-state index contributed by atoms with van der Waals surface area (Å²) in [7, 11) is -3.47. The van der Waals surface area contributed by atoms with E-state index in [1.807, 2.05) is 0 Å². The minimum absolute atomic E-state index is 0.00883. The molecule has 1 fully saturated rings. The molecule has 0 bridgehead atoms. The van der Waals surface area contributed by atoms with E-state index in [-0.39, 0.29) is 15.7 Å². The van der Waals surface area contributed by atoms with Gasteiger partial charge in [0.15, 0.2) is 9.84 Å². The lowest BCUT2D eigenvalue weighted by molar-refractivity contribution is 0.270. The normalized spacial score (nSPS) is 16.2. The van der Waals surface area contributed by atoms with E-state index in [4.69, 9.17) is 23.2 Å². The number of piperazine rings is 1. The van der Waals surface area contributed by atoms with Crippen LogP contribution in [0.15, 0.2) is 41.6 Å². The Hall–Kier alpha value is -1.41. The third-order valence-corrected chi connectivity index (χ3v) is 6.52. The number of hydrogen-bond acceptors (Lipinski definition) is 6. The first kappa shape index (κ1) is 18.4. The zero-order chi connectivity index (χ0) is 17.9. The maximum absolute atomic E-state index is 12.5. The van der Waals surface area contributed by atoms with Crippen molar-refractivity contribution in [1.29, 1.82) is 0 Å². The molecular weight excluding hydrogens is 383 g/mol. The average Bonchev–Trinajstić information content (AvgIpc) is 2.63.